The number of nitrogens with zero attached hydrogens (tertiary/aromatic N) is 2. The SMILES string of the molecule is CCNS(=O)(=O)c1ccc(CCC(=O)N(Cc2ccc(OC)cc2)[C@@H](Cc2ccccc2)C(=O)NCc2cccnc2)cc1. The van der Waals surface area contributed by atoms with E-state index in [1.54, 1.807) is 43.5 Å². The number of benzene rings is 3. The van der Waals surface area contributed by atoms with E-state index in [-0.39, 0.29) is 36.2 Å². The van der Waals surface area contributed by atoms with Gasteiger partial charge in [0.15, 0.2) is 0 Å². The summed E-state index contributed by atoms with van der Waals surface area (Å²) in [7, 11) is -1.98. The zero-order valence-corrected chi connectivity index (χ0v) is 25.8. The van der Waals surface area contributed by atoms with E-state index < -0.39 is 16.1 Å². The fourth-order valence-electron chi connectivity index (χ4n) is 4.79. The van der Waals surface area contributed by atoms with Crippen molar-refractivity contribution in [3.63, 3.8) is 0 Å². The molecular weight excluding hydrogens is 576 g/mol. The topological polar surface area (TPSA) is 118 Å². The van der Waals surface area contributed by atoms with Crippen LogP contribution in [0.3, 0.4) is 0 Å². The molecule has 0 spiro atoms. The molecule has 230 valence electrons. The van der Waals surface area contributed by atoms with Crippen LogP contribution in [0, 0.1) is 0 Å². The number of sulfonamides is 1. The summed E-state index contributed by atoms with van der Waals surface area (Å²) in [5.41, 5.74) is 3.46. The average Bonchev–Trinajstić information content (AvgIpc) is 3.05. The molecule has 10 heteroatoms. The Balaban J connectivity index is 1.59. The summed E-state index contributed by atoms with van der Waals surface area (Å²) < 4.78 is 32.4. The summed E-state index contributed by atoms with van der Waals surface area (Å²) in [5.74, 6) is 0.237. The fourth-order valence-corrected chi connectivity index (χ4v) is 5.84. The predicted octanol–water partition coefficient (Wildman–Crippen LogP) is 4.28. The number of nitrogens with one attached hydrogen (secondary N) is 2. The van der Waals surface area contributed by atoms with Crippen LogP contribution in [0.1, 0.15) is 35.6 Å². The van der Waals surface area contributed by atoms with Gasteiger partial charge < -0.3 is 15.0 Å². The Hall–Kier alpha value is -4.54. The first-order valence-electron chi connectivity index (χ1n) is 14.5. The van der Waals surface area contributed by atoms with Gasteiger partial charge in [0, 0.05) is 44.9 Å². The van der Waals surface area contributed by atoms with Crippen LogP contribution >= 0.6 is 0 Å². The summed E-state index contributed by atoms with van der Waals surface area (Å²) in [5, 5.41) is 3.01. The number of aryl methyl sites for hydroxylation is 1. The van der Waals surface area contributed by atoms with Crippen molar-refractivity contribution in [1.29, 1.82) is 0 Å². The van der Waals surface area contributed by atoms with E-state index in [1.807, 2.05) is 66.7 Å². The second kappa shape index (κ2) is 15.8. The minimum atomic E-state index is -3.57. The van der Waals surface area contributed by atoms with E-state index in [0.29, 0.717) is 25.1 Å². The molecule has 0 aliphatic heterocycles. The lowest BCUT2D eigenvalue weighted by Crippen LogP contribution is -2.50. The van der Waals surface area contributed by atoms with Crippen LogP contribution in [0.4, 0.5) is 0 Å². The fraction of sp³-hybridized carbons (Fsp3) is 0.265. The van der Waals surface area contributed by atoms with Crippen LogP contribution in [0.15, 0.2) is 108 Å². The van der Waals surface area contributed by atoms with Crippen molar-refractivity contribution in [2.45, 2.75) is 50.2 Å². The third-order valence-electron chi connectivity index (χ3n) is 7.17. The summed E-state index contributed by atoms with van der Waals surface area (Å²) in [6, 6.07) is 26.5. The lowest BCUT2D eigenvalue weighted by atomic mass is 10.0. The Morgan fingerprint density at radius 2 is 1.55 bits per heavy atom. The molecule has 1 heterocycles. The third kappa shape index (κ3) is 9.23. The normalized spacial score (nSPS) is 11.9. The second-order valence-electron chi connectivity index (χ2n) is 10.3. The number of hydrogen-bond donors (Lipinski definition) is 2. The van der Waals surface area contributed by atoms with Crippen LogP contribution in [-0.4, -0.2) is 49.8 Å². The first-order valence-corrected chi connectivity index (χ1v) is 16.0. The number of pyridine rings is 1. The molecule has 0 bridgehead atoms. The Kier molecular flexibility index (Phi) is 11.6. The molecule has 3 aromatic carbocycles. The number of hydrogen-bond acceptors (Lipinski definition) is 6. The van der Waals surface area contributed by atoms with Crippen molar-refractivity contribution in [2.24, 2.45) is 0 Å². The second-order valence-corrected chi connectivity index (χ2v) is 12.1. The van der Waals surface area contributed by atoms with Gasteiger partial charge >= 0.3 is 0 Å². The van der Waals surface area contributed by atoms with Crippen LogP contribution in [0.25, 0.3) is 0 Å². The Labute approximate surface area is 259 Å². The van der Waals surface area contributed by atoms with Gasteiger partial charge in [0.25, 0.3) is 0 Å². The average molecular weight is 615 g/mol. The van der Waals surface area contributed by atoms with Crippen LogP contribution in [0.5, 0.6) is 5.75 Å². The van der Waals surface area contributed by atoms with Crippen molar-refractivity contribution in [2.75, 3.05) is 13.7 Å². The molecule has 0 aliphatic carbocycles. The number of rotatable bonds is 15. The number of carbonyl (C=O) groups excluding carboxylic acids is 2. The van der Waals surface area contributed by atoms with Gasteiger partial charge in [0.1, 0.15) is 11.8 Å². The largest absolute Gasteiger partial charge is 0.497 e. The Morgan fingerprint density at radius 1 is 0.864 bits per heavy atom. The van der Waals surface area contributed by atoms with E-state index in [9.17, 15) is 18.0 Å². The zero-order valence-electron chi connectivity index (χ0n) is 25.0. The molecule has 0 radical (unpaired) electrons. The highest BCUT2D eigenvalue weighted by Crippen LogP contribution is 2.20. The van der Waals surface area contributed by atoms with Gasteiger partial charge in [-0.15, -0.1) is 0 Å². The zero-order chi connectivity index (χ0) is 31.4. The molecule has 4 rings (SSSR count). The summed E-state index contributed by atoms with van der Waals surface area (Å²) in [4.78, 5) is 33.7. The number of amides is 2. The van der Waals surface area contributed by atoms with Crippen LogP contribution < -0.4 is 14.8 Å². The molecule has 2 N–H and O–H groups in total. The predicted molar refractivity (Wildman–Crippen MR) is 169 cm³/mol. The molecule has 0 fully saturated rings. The first kappa shape index (κ1) is 32.4. The van der Waals surface area contributed by atoms with Gasteiger partial charge in [-0.1, -0.05) is 67.6 Å². The molecular formula is C34H38N4O5S. The maximum atomic E-state index is 14.0. The molecule has 1 atom stereocenters. The molecule has 1 aromatic heterocycles. The molecule has 0 saturated carbocycles. The van der Waals surface area contributed by atoms with E-state index >= 15 is 0 Å². The lowest BCUT2D eigenvalue weighted by molar-refractivity contribution is -0.141. The monoisotopic (exact) mass is 614 g/mol. The number of ether oxygens (including phenoxy) is 1. The minimum Gasteiger partial charge on any atom is -0.497 e. The standard InChI is InChI=1S/C34H38N4O5S/c1-3-37-44(41,42)31-18-13-26(14-19-31)15-20-33(39)38(25-28-11-16-30(43-2)17-12-28)32(22-27-8-5-4-6-9-27)34(40)36-24-29-10-7-21-35-23-29/h4-14,16-19,21,23,32,37H,3,15,20,22,24-25H2,1-2H3,(H,36,40)/t32-/m0/s1. The summed E-state index contributed by atoms with van der Waals surface area (Å²) in [6.45, 7) is 2.52. The first-order chi connectivity index (χ1) is 21.3. The van der Waals surface area contributed by atoms with Gasteiger partial charge in [0.05, 0.1) is 12.0 Å². The highest BCUT2D eigenvalue weighted by atomic mass is 32.2. The molecule has 4 aromatic rings. The van der Waals surface area contributed by atoms with Crippen molar-refractivity contribution in [3.8, 4) is 5.75 Å². The number of methoxy groups -OCH3 is 1. The maximum Gasteiger partial charge on any atom is 0.243 e. The van der Waals surface area contributed by atoms with Crippen LogP contribution in [0.2, 0.25) is 0 Å². The van der Waals surface area contributed by atoms with Crippen LogP contribution in [-0.2, 0) is 45.5 Å². The molecule has 0 aliphatic rings. The molecule has 2 amide bonds. The Morgan fingerprint density at radius 3 is 2.18 bits per heavy atom. The van der Waals surface area contributed by atoms with E-state index in [2.05, 4.69) is 15.0 Å². The third-order valence-corrected chi connectivity index (χ3v) is 8.73. The molecule has 9 nitrogen and oxygen atoms in total. The van der Waals surface area contributed by atoms with Crippen molar-refractivity contribution < 1.29 is 22.7 Å². The van der Waals surface area contributed by atoms with E-state index in [4.69, 9.17) is 4.74 Å². The van der Waals surface area contributed by atoms with Gasteiger partial charge in [-0.25, -0.2) is 13.1 Å². The highest BCUT2D eigenvalue weighted by molar-refractivity contribution is 7.89. The quantitative estimate of drug-likeness (QED) is 0.207. The van der Waals surface area contributed by atoms with Gasteiger partial charge in [-0.05, 0) is 59.0 Å². The van der Waals surface area contributed by atoms with Gasteiger partial charge in [-0.3, -0.25) is 14.6 Å². The van der Waals surface area contributed by atoms with Crippen molar-refractivity contribution in [3.05, 3.63) is 126 Å². The Bertz CT molecular complexity index is 1600. The summed E-state index contributed by atoms with van der Waals surface area (Å²) in [6.07, 6.45) is 4.22. The molecule has 44 heavy (non-hydrogen) atoms. The summed E-state index contributed by atoms with van der Waals surface area (Å²) >= 11 is 0. The van der Waals surface area contributed by atoms with E-state index in [1.165, 1.54) is 12.1 Å². The highest BCUT2D eigenvalue weighted by Gasteiger charge is 2.30. The smallest absolute Gasteiger partial charge is 0.243 e. The van der Waals surface area contributed by atoms with Gasteiger partial charge in [-0.2, -0.15) is 0 Å². The molecule has 0 unspecified atom stereocenters. The van der Waals surface area contributed by atoms with Crippen molar-refractivity contribution >= 4 is 21.8 Å². The lowest BCUT2D eigenvalue weighted by Gasteiger charge is -2.32. The van der Waals surface area contributed by atoms with Crippen molar-refractivity contribution in [1.82, 2.24) is 19.9 Å². The number of aromatic nitrogens is 1. The molecule has 0 saturated heterocycles. The number of carbonyl (C=O) groups is 2. The van der Waals surface area contributed by atoms with Gasteiger partial charge in [0.2, 0.25) is 21.8 Å². The minimum absolute atomic E-state index is 0.136. The van der Waals surface area contributed by atoms with E-state index in [0.717, 1.165) is 22.3 Å². The maximum absolute atomic E-state index is 14.0.